The molecule has 0 fully saturated rings. The van der Waals surface area contributed by atoms with Gasteiger partial charge in [-0.3, -0.25) is 4.98 Å². The molecule has 0 unspecified atom stereocenters. The highest BCUT2D eigenvalue weighted by Gasteiger charge is 2.19. The summed E-state index contributed by atoms with van der Waals surface area (Å²) in [7, 11) is 0. The fourth-order valence-corrected chi connectivity index (χ4v) is 5.15. The number of hydrogen-bond acceptors (Lipinski definition) is 1. The molecule has 6 aromatic rings. The second-order valence-electron chi connectivity index (χ2n) is 10.1. The monoisotopic (exact) mass is 437 g/mol. The molecule has 0 spiro atoms. The highest BCUT2D eigenvalue weighted by Crippen LogP contribution is 2.45. The maximum Gasteiger partial charge on any atom is 0.0708 e. The lowest BCUT2D eigenvalue weighted by Crippen LogP contribution is -2.10. The normalized spacial score (nSPS) is 12.0. The van der Waals surface area contributed by atoms with E-state index in [2.05, 4.69) is 130 Å². The van der Waals surface area contributed by atoms with E-state index in [1.54, 1.807) is 0 Å². The Morgan fingerprint density at radius 3 is 1.74 bits per heavy atom. The molecule has 0 aliphatic carbocycles. The summed E-state index contributed by atoms with van der Waals surface area (Å²) < 4.78 is 0. The van der Waals surface area contributed by atoms with Crippen molar-refractivity contribution in [2.45, 2.75) is 26.2 Å². The summed E-state index contributed by atoms with van der Waals surface area (Å²) in [5.74, 6) is 0. The molecule has 0 aliphatic rings. The van der Waals surface area contributed by atoms with Crippen molar-refractivity contribution in [2.75, 3.05) is 0 Å². The highest BCUT2D eigenvalue weighted by atomic mass is 14.6. The van der Waals surface area contributed by atoms with Gasteiger partial charge in [0.05, 0.1) is 5.52 Å². The summed E-state index contributed by atoms with van der Waals surface area (Å²) in [5, 5.41) is 6.18. The minimum Gasteiger partial charge on any atom is -0.256 e. The van der Waals surface area contributed by atoms with Gasteiger partial charge in [0.2, 0.25) is 0 Å². The van der Waals surface area contributed by atoms with Gasteiger partial charge in [-0.2, -0.15) is 0 Å². The van der Waals surface area contributed by atoms with E-state index in [0.29, 0.717) is 0 Å². The minimum atomic E-state index is 0.123. The molecule has 1 heteroatoms. The van der Waals surface area contributed by atoms with Crippen molar-refractivity contribution in [3.8, 4) is 22.3 Å². The van der Waals surface area contributed by atoms with Crippen LogP contribution in [0.2, 0.25) is 0 Å². The fourth-order valence-electron chi connectivity index (χ4n) is 5.15. The largest absolute Gasteiger partial charge is 0.256 e. The van der Waals surface area contributed by atoms with Gasteiger partial charge < -0.3 is 0 Å². The molecule has 0 saturated heterocycles. The van der Waals surface area contributed by atoms with Crippen molar-refractivity contribution in [3.63, 3.8) is 0 Å². The van der Waals surface area contributed by atoms with E-state index < -0.39 is 0 Å². The molecule has 0 amide bonds. The van der Waals surface area contributed by atoms with Crippen molar-refractivity contribution >= 4 is 32.4 Å². The first-order chi connectivity index (χ1) is 16.5. The Morgan fingerprint density at radius 1 is 0.500 bits per heavy atom. The first kappa shape index (κ1) is 20.6. The summed E-state index contributed by atoms with van der Waals surface area (Å²) in [5.41, 5.74) is 7.48. The average molecular weight is 438 g/mol. The Bertz CT molecular complexity index is 1650. The maximum absolute atomic E-state index is 4.89. The number of hydrogen-bond donors (Lipinski definition) is 0. The molecule has 6 rings (SSSR count). The van der Waals surface area contributed by atoms with Gasteiger partial charge in [-0.1, -0.05) is 118 Å². The Balaban J connectivity index is 1.81. The van der Waals surface area contributed by atoms with Crippen LogP contribution in [0.4, 0.5) is 0 Å². The van der Waals surface area contributed by atoms with E-state index in [0.717, 1.165) is 5.52 Å². The van der Waals surface area contributed by atoms with Gasteiger partial charge >= 0.3 is 0 Å². The fraction of sp³-hybridized carbons (Fsp3) is 0.121. The standard InChI is InChI=1S/C33H27N/c1-33(2,3)24-19-17-23(18-20-24)30-25-13-7-8-14-26(25)31(22-11-5-4-6-12-22)32-27-15-9-10-16-29(27)34-21-28(30)32/h4-21H,1-3H3. The molecular formula is C33H27N. The lowest BCUT2D eigenvalue weighted by Gasteiger charge is -2.21. The van der Waals surface area contributed by atoms with Gasteiger partial charge in [-0.25, -0.2) is 0 Å². The number of pyridine rings is 1. The summed E-state index contributed by atoms with van der Waals surface area (Å²) in [6.45, 7) is 6.78. The third-order valence-electron chi connectivity index (χ3n) is 6.86. The zero-order valence-corrected chi connectivity index (χ0v) is 19.8. The number of nitrogens with zero attached hydrogens (tertiary/aromatic N) is 1. The zero-order chi connectivity index (χ0) is 23.3. The van der Waals surface area contributed by atoms with E-state index in [-0.39, 0.29) is 5.41 Å². The second-order valence-corrected chi connectivity index (χ2v) is 10.1. The molecule has 0 atom stereocenters. The van der Waals surface area contributed by atoms with Crippen molar-refractivity contribution < 1.29 is 0 Å². The third-order valence-corrected chi connectivity index (χ3v) is 6.86. The van der Waals surface area contributed by atoms with Gasteiger partial charge in [-0.15, -0.1) is 0 Å². The first-order valence-electron chi connectivity index (χ1n) is 11.9. The molecule has 0 bridgehead atoms. The molecule has 5 aromatic carbocycles. The number of aromatic nitrogens is 1. The van der Waals surface area contributed by atoms with E-state index in [1.165, 1.54) is 54.7 Å². The molecule has 1 nitrogen and oxygen atoms in total. The SMILES string of the molecule is CC(C)(C)c1ccc(-c2c3ccccc3c(-c3ccccc3)c3c2cnc2ccccc23)cc1. The molecule has 1 aromatic heterocycles. The minimum absolute atomic E-state index is 0.123. The van der Waals surface area contributed by atoms with Crippen molar-refractivity contribution in [3.05, 3.63) is 115 Å². The lowest BCUT2D eigenvalue weighted by atomic mass is 9.83. The predicted molar refractivity (Wildman–Crippen MR) is 146 cm³/mol. The number of benzene rings is 5. The Labute approximate surface area is 200 Å². The van der Waals surface area contributed by atoms with Crippen molar-refractivity contribution in [2.24, 2.45) is 0 Å². The molecule has 0 radical (unpaired) electrons. The van der Waals surface area contributed by atoms with Gasteiger partial charge in [0.15, 0.2) is 0 Å². The zero-order valence-electron chi connectivity index (χ0n) is 19.8. The van der Waals surface area contributed by atoms with Crippen molar-refractivity contribution in [1.29, 1.82) is 0 Å². The molecule has 1 heterocycles. The van der Waals surface area contributed by atoms with Crippen LogP contribution in [0, 0.1) is 0 Å². The van der Waals surface area contributed by atoms with E-state index >= 15 is 0 Å². The lowest BCUT2D eigenvalue weighted by molar-refractivity contribution is 0.590. The van der Waals surface area contributed by atoms with Gasteiger partial charge in [0, 0.05) is 22.4 Å². The number of rotatable bonds is 2. The van der Waals surface area contributed by atoms with E-state index in [1.807, 2.05) is 0 Å². The molecule has 0 saturated carbocycles. The Kier molecular flexibility index (Phi) is 4.74. The van der Waals surface area contributed by atoms with Crippen LogP contribution < -0.4 is 0 Å². The molecule has 34 heavy (non-hydrogen) atoms. The van der Waals surface area contributed by atoms with Crippen LogP contribution >= 0.6 is 0 Å². The summed E-state index contributed by atoms with van der Waals surface area (Å²) in [6.07, 6.45) is 2.07. The molecular weight excluding hydrogens is 410 g/mol. The van der Waals surface area contributed by atoms with Crippen LogP contribution in [-0.2, 0) is 5.41 Å². The van der Waals surface area contributed by atoms with Crippen LogP contribution in [0.15, 0.2) is 109 Å². The topological polar surface area (TPSA) is 12.9 Å². The number of para-hydroxylation sites is 1. The summed E-state index contributed by atoms with van der Waals surface area (Å²) in [4.78, 5) is 4.89. The van der Waals surface area contributed by atoms with Gasteiger partial charge in [0.25, 0.3) is 0 Å². The Hall–Kier alpha value is -3.97. The molecule has 164 valence electrons. The quantitative estimate of drug-likeness (QED) is 0.194. The van der Waals surface area contributed by atoms with Crippen LogP contribution in [0.3, 0.4) is 0 Å². The second kappa shape index (κ2) is 7.81. The van der Waals surface area contributed by atoms with Crippen molar-refractivity contribution in [1.82, 2.24) is 4.98 Å². The maximum atomic E-state index is 4.89. The van der Waals surface area contributed by atoms with E-state index in [4.69, 9.17) is 4.98 Å². The summed E-state index contributed by atoms with van der Waals surface area (Å²) in [6, 6.07) is 37.2. The molecule has 0 N–H and O–H groups in total. The average Bonchev–Trinajstić information content (AvgIpc) is 2.87. The smallest absolute Gasteiger partial charge is 0.0708 e. The predicted octanol–water partition coefficient (Wildman–Crippen LogP) is 9.17. The highest BCUT2D eigenvalue weighted by molar-refractivity contribution is 6.27. The van der Waals surface area contributed by atoms with Gasteiger partial charge in [-0.05, 0) is 50.1 Å². The first-order valence-corrected chi connectivity index (χ1v) is 11.9. The van der Waals surface area contributed by atoms with Crippen LogP contribution in [0.1, 0.15) is 26.3 Å². The third kappa shape index (κ3) is 3.28. The summed E-state index contributed by atoms with van der Waals surface area (Å²) >= 11 is 0. The van der Waals surface area contributed by atoms with E-state index in [9.17, 15) is 0 Å². The number of fused-ring (bicyclic) bond motifs is 4. The van der Waals surface area contributed by atoms with Crippen LogP contribution in [-0.4, -0.2) is 4.98 Å². The van der Waals surface area contributed by atoms with Crippen LogP contribution in [0.25, 0.3) is 54.7 Å². The molecule has 0 aliphatic heterocycles. The Morgan fingerprint density at radius 2 is 1.06 bits per heavy atom. The van der Waals surface area contributed by atoms with Crippen LogP contribution in [0.5, 0.6) is 0 Å². The van der Waals surface area contributed by atoms with Gasteiger partial charge in [0.1, 0.15) is 0 Å².